The van der Waals surface area contributed by atoms with Crippen molar-refractivity contribution in [2.24, 2.45) is 0 Å². The third kappa shape index (κ3) is 2.62. The van der Waals surface area contributed by atoms with E-state index in [0.717, 1.165) is 17.0 Å². The van der Waals surface area contributed by atoms with E-state index in [1.807, 2.05) is 13.8 Å². The fourth-order valence-corrected chi connectivity index (χ4v) is 2.14. The Kier molecular flexibility index (Phi) is 3.89. The molecule has 0 bridgehead atoms. The summed E-state index contributed by atoms with van der Waals surface area (Å²) in [6.07, 6.45) is 4.51. The summed E-state index contributed by atoms with van der Waals surface area (Å²) in [5.74, 6) is -0.176. The number of aryl methyl sites for hydroxylation is 1. The Hall–Kier alpha value is -2.24. The molecule has 6 heteroatoms. The smallest absolute Gasteiger partial charge is 0.307 e. The van der Waals surface area contributed by atoms with Crippen LogP contribution in [0.4, 0.5) is 0 Å². The van der Waals surface area contributed by atoms with Gasteiger partial charge in [0.15, 0.2) is 5.82 Å². The fourth-order valence-electron chi connectivity index (χ4n) is 2.14. The molecule has 1 N–H and O–H groups in total. The molecule has 19 heavy (non-hydrogen) atoms. The van der Waals surface area contributed by atoms with Crippen LogP contribution in [0.5, 0.6) is 0 Å². The van der Waals surface area contributed by atoms with Gasteiger partial charge in [0.2, 0.25) is 0 Å². The zero-order valence-corrected chi connectivity index (χ0v) is 11.0. The Balaban J connectivity index is 2.56. The minimum absolute atomic E-state index is 0.00255. The van der Waals surface area contributed by atoms with E-state index in [1.165, 1.54) is 6.33 Å². The maximum Gasteiger partial charge on any atom is 0.307 e. The van der Waals surface area contributed by atoms with Crippen molar-refractivity contribution in [3.63, 3.8) is 0 Å². The highest BCUT2D eigenvalue weighted by atomic mass is 16.4. The molecule has 0 unspecified atom stereocenters. The van der Waals surface area contributed by atoms with Crippen molar-refractivity contribution in [3.05, 3.63) is 35.5 Å². The van der Waals surface area contributed by atoms with Gasteiger partial charge < -0.3 is 5.11 Å². The molecule has 0 atom stereocenters. The number of aromatic nitrogens is 4. The van der Waals surface area contributed by atoms with E-state index in [2.05, 4.69) is 15.1 Å². The van der Waals surface area contributed by atoms with Gasteiger partial charge in [-0.3, -0.25) is 4.79 Å². The molecule has 6 nitrogen and oxygen atoms in total. The normalized spacial score (nSPS) is 10.6. The summed E-state index contributed by atoms with van der Waals surface area (Å²) in [5.41, 5.74) is 2.52. The van der Waals surface area contributed by atoms with Crippen LogP contribution in [0.3, 0.4) is 0 Å². The molecule has 0 aliphatic carbocycles. The highest BCUT2D eigenvalue weighted by molar-refractivity contribution is 5.71. The molecule has 0 aliphatic heterocycles. The maximum absolute atomic E-state index is 11.0. The van der Waals surface area contributed by atoms with E-state index in [-0.39, 0.29) is 6.42 Å². The lowest BCUT2D eigenvalue weighted by Crippen LogP contribution is -2.07. The van der Waals surface area contributed by atoms with Gasteiger partial charge in [-0.2, -0.15) is 5.10 Å². The number of aliphatic carboxylic acids is 1. The number of carbonyl (C=O) groups is 1. The van der Waals surface area contributed by atoms with Gasteiger partial charge in [0, 0.05) is 23.5 Å². The molecule has 0 aromatic carbocycles. The van der Waals surface area contributed by atoms with Crippen LogP contribution >= 0.6 is 0 Å². The summed E-state index contributed by atoms with van der Waals surface area (Å²) in [4.78, 5) is 19.0. The van der Waals surface area contributed by atoms with Gasteiger partial charge in [-0.1, -0.05) is 13.8 Å². The molecule has 0 radical (unpaired) electrons. The number of carboxylic acids is 1. The first-order chi connectivity index (χ1) is 9.17. The van der Waals surface area contributed by atoms with Crippen molar-refractivity contribution in [2.75, 3.05) is 0 Å². The molecule has 0 amide bonds. The monoisotopic (exact) mass is 260 g/mol. The molecule has 100 valence electrons. The average Bonchev–Trinajstić information content (AvgIpc) is 2.76. The van der Waals surface area contributed by atoms with Crippen LogP contribution in [0.15, 0.2) is 18.6 Å². The summed E-state index contributed by atoms with van der Waals surface area (Å²) in [6.45, 7) is 3.96. The Morgan fingerprint density at radius 1 is 1.37 bits per heavy atom. The number of carboxylic acid groups (broad SMARTS) is 1. The van der Waals surface area contributed by atoms with E-state index in [1.54, 1.807) is 16.9 Å². The standard InChI is InChI=1S/C13H16N4O2/c1-3-10-9(7-13(18)19)11(4-2)17(16-10)12-5-6-14-8-15-12/h5-6,8H,3-4,7H2,1-2H3,(H,18,19). The zero-order valence-electron chi connectivity index (χ0n) is 11.0. The number of nitrogens with zero attached hydrogens (tertiary/aromatic N) is 4. The third-order valence-electron chi connectivity index (χ3n) is 2.95. The van der Waals surface area contributed by atoms with Crippen molar-refractivity contribution in [1.82, 2.24) is 19.7 Å². The van der Waals surface area contributed by atoms with Crippen molar-refractivity contribution in [2.45, 2.75) is 33.1 Å². The maximum atomic E-state index is 11.0. The van der Waals surface area contributed by atoms with Crippen LogP contribution in [0.25, 0.3) is 5.82 Å². The largest absolute Gasteiger partial charge is 0.481 e. The average molecular weight is 260 g/mol. The molecule has 2 heterocycles. The first kappa shape index (κ1) is 13.2. The third-order valence-corrected chi connectivity index (χ3v) is 2.95. The van der Waals surface area contributed by atoms with Gasteiger partial charge in [-0.05, 0) is 12.8 Å². The zero-order chi connectivity index (χ0) is 13.8. The molecular weight excluding hydrogens is 244 g/mol. The summed E-state index contributed by atoms with van der Waals surface area (Å²) < 4.78 is 1.72. The second-order valence-corrected chi connectivity index (χ2v) is 4.13. The highest BCUT2D eigenvalue weighted by Gasteiger charge is 2.19. The SMILES string of the molecule is CCc1nn(-c2ccncn2)c(CC)c1CC(=O)O. The second-order valence-electron chi connectivity index (χ2n) is 4.13. The highest BCUT2D eigenvalue weighted by Crippen LogP contribution is 2.19. The quantitative estimate of drug-likeness (QED) is 0.879. The van der Waals surface area contributed by atoms with Crippen molar-refractivity contribution < 1.29 is 9.90 Å². The lowest BCUT2D eigenvalue weighted by Gasteiger charge is -2.05. The van der Waals surface area contributed by atoms with Crippen LogP contribution in [0.2, 0.25) is 0 Å². The van der Waals surface area contributed by atoms with Gasteiger partial charge in [-0.25, -0.2) is 14.6 Å². The van der Waals surface area contributed by atoms with E-state index >= 15 is 0 Å². The van der Waals surface area contributed by atoms with Crippen LogP contribution in [-0.4, -0.2) is 30.8 Å². The van der Waals surface area contributed by atoms with E-state index in [9.17, 15) is 4.79 Å². The van der Waals surface area contributed by atoms with Crippen LogP contribution < -0.4 is 0 Å². The topological polar surface area (TPSA) is 80.9 Å². The first-order valence-electron chi connectivity index (χ1n) is 6.25. The van der Waals surface area contributed by atoms with Gasteiger partial charge in [-0.15, -0.1) is 0 Å². The molecule has 0 saturated carbocycles. The summed E-state index contributed by atoms with van der Waals surface area (Å²) in [7, 11) is 0. The van der Waals surface area contributed by atoms with Crippen LogP contribution in [0.1, 0.15) is 30.8 Å². The molecular formula is C13H16N4O2. The minimum atomic E-state index is -0.841. The van der Waals surface area contributed by atoms with E-state index in [0.29, 0.717) is 18.7 Å². The van der Waals surface area contributed by atoms with Gasteiger partial charge in [0.05, 0.1) is 12.1 Å². The Bertz CT molecular complexity index is 578. The van der Waals surface area contributed by atoms with Crippen molar-refractivity contribution in [3.8, 4) is 5.82 Å². The minimum Gasteiger partial charge on any atom is -0.481 e. The Morgan fingerprint density at radius 2 is 2.16 bits per heavy atom. The molecule has 2 aromatic heterocycles. The number of hydrogen-bond donors (Lipinski definition) is 1. The van der Waals surface area contributed by atoms with Crippen LogP contribution in [-0.2, 0) is 24.1 Å². The summed E-state index contributed by atoms with van der Waals surface area (Å²) in [6, 6.07) is 1.76. The predicted molar refractivity (Wildman–Crippen MR) is 69.2 cm³/mol. The van der Waals surface area contributed by atoms with Crippen LogP contribution in [0, 0.1) is 0 Å². The molecule has 0 fully saturated rings. The van der Waals surface area contributed by atoms with E-state index < -0.39 is 5.97 Å². The molecule has 0 saturated heterocycles. The van der Waals surface area contributed by atoms with Gasteiger partial charge >= 0.3 is 5.97 Å². The molecule has 0 spiro atoms. The molecule has 2 aromatic rings. The lowest BCUT2D eigenvalue weighted by molar-refractivity contribution is -0.136. The predicted octanol–water partition coefficient (Wildman–Crippen LogP) is 1.41. The Morgan fingerprint density at radius 3 is 2.68 bits per heavy atom. The van der Waals surface area contributed by atoms with Gasteiger partial charge in [0.1, 0.15) is 6.33 Å². The van der Waals surface area contributed by atoms with Gasteiger partial charge in [0.25, 0.3) is 0 Å². The summed E-state index contributed by atoms with van der Waals surface area (Å²) >= 11 is 0. The van der Waals surface area contributed by atoms with Crippen molar-refractivity contribution >= 4 is 5.97 Å². The number of hydrogen-bond acceptors (Lipinski definition) is 4. The number of rotatable bonds is 5. The molecule has 2 rings (SSSR count). The first-order valence-corrected chi connectivity index (χ1v) is 6.25. The lowest BCUT2D eigenvalue weighted by atomic mass is 10.1. The molecule has 0 aliphatic rings. The Labute approximate surface area is 111 Å². The fraction of sp³-hybridized carbons (Fsp3) is 0.385. The summed E-state index contributed by atoms with van der Waals surface area (Å²) in [5, 5.41) is 13.5. The van der Waals surface area contributed by atoms with Crippen molar-refractivity contribution in [1.29, 1.82) is 0 Å². The second kappa shape index (κ2) is 5.60. The van der Waals surface area contributed by atoms with E-state index in [4.69, 9.17) is 5.11 Å².